The minimum atomic E-state index is -4.01. The molecule has 0 N–H and O–H groups in total. The summed E-state index contributed by atoms with van der Waals surface area (Å²) in [5.41, 5.74) is 1.55. The van der Waals surface area contributed by atoms with E-state index < -0.39 is 37.1 Å². The van der Waals surface area contributed by atoms with Crippen LogP contribution in [0.5, 0.6) is 0 Å². The molecular formula is C23H27F4N3O3. The third kappa shape index (κ3) is 4.71. The Morgan fingerprint density at radius 1 is 1.12 bits per heavy atom. The number of rotatable bonds is 6. The monoisotopic (exact) mass is 469 g/mol. The number of carbonyl (C=O) groups excluding carboxylic acids is 2. The number of carbonyl (C=O) groups is 2. The van der Waals surface area contributed by atoms with Gasteiger partial charge in [-0.1, -0.05) is 36.4 Å². The van der Waals surface area contributed by atoms with Gasteiger partial charge in [0, 0.05) is 11.7 Å². The summed E-state index contributed by atoms with van der Waals surface area (Å²) in [4.78, 5) is 29.8. The summed E-state index contributed by atoms with van der Waals surface area (Å²) in [6.07, 6.45) is 2.82. The van der Waals surface area contributed by atoms with Gasteiger partial charge in [0.2, 0.25) is 5.91 Å². The second kappa shape index (κ2) is 8.96. The summed E-state index contributed by atoms with van der Waals surface area (Å²) in [7, 11) is 0. The van der Waals surface area contributed by atoms with E-state index >= 15 is 0 Å². The van der Waals surface area contributed by atoms with Crippen molar-refractivity contribution in [3.8, 4) is 0 Å². The van der Waals surface area contributed by atoms with Crippen LogP contribution < -0.4 is 0 Å². The first-order valence-corrected chi connectivity index (χ1v) is 11.1. The van der Waals surface area contributed by atoms with E-state index in [-0.39, 0.29) is 31.6 Å². The Morgan fingerprint density at radius 3 is 2.45 bits per heavy atom. The SMILES string of the molecule is C[C@H]1C(=O)N2C(=CC[C@@H]2CCCN2CC(F)(F)C(F)(F)C2)CN1C(=O)OCc1ccccc1. The Morgan fingerprint density at radius 2 is 1.79 bits per heavy atom. The van der Waals surface area contributed by atoms with Crippen molar-refractivity contribution in [2.75, 3.05) is 26.2 Å². The summed E-state index contributed by atoms with van der Waals surface area (Å²) in [6.45, 7) is 0.208. The average Bonchev–Trinajstić information content (AvgIpc) is 3.26. The molecule has 0 bridgehead atoms. The second-order valence-electron chi connectivity index (χ2n) is 8.90. The van der Waals surface area contributed by atoms with Crippen molar-refractivity contribution in [2.24, 2.45) is 0 Å². The number of benzene rings is 1. The second-order valence-corrected chi connectivity index (χ2v) is 8.90. The molecule has 2 atom stereocenters. The van der Waals surface area contributed by atoms with E-state index in [0.29, 0.717) is 25.0 Å². The first-order valence-electron chi connectivity index (χ1n) is 11.1. The number of hydrogen-bond donors (Lipinski definition) is 0. The standard InChI is InChI=1S/C23H27F4N3O3/c1-16-20(31)30-18(8-5-11-28-14-22(24,25)23(26,27)15-28)9-10-19(30)12-29(16)21(32)33-13-17-6-3-2-4-7-17/h2-4,6-7,10,16,18H,5,8-9,11-15H2,1H3/t16-,18-/m0/s1. The summed E-state index contributed by atoms with van der Waals surface area (Å²) in [5.74, 6) is -8.25. The fourth-order valence-electron chi connectivity index (χ4n) is 4.65. The van der Waals surface area contributed by atoms with E-state index in [4.69, 9.17) is 4.74 Å². The molecule has 33 heavy (non-hydrogen) atoms. The molecule has 0 spiro atoms. The molecule has 0 saturated carbocycles. The van der Waals surface area contributed by atoms with Crippen molar-refractivity contribution in [3.05, 3.63) is 47.7 Å². The number of amides is 2. The summed E-state index contributed by atoms with van der Waals surface area (Å²) in [6, 6.07) is 8.37. The maximum absolute atomic E-state index is 13.4. The van der Waals surface area contributed by atoms with Gasteiger partial charge >= 0.3 is 17.9 Å². The molecular weight excluding hydrogens is 442 g/mol. The zero-order chi connectivity index (χ0) is 23.8. The highest BCUT2D eigenvalue weighted by molar-refractivity contribution is 5.89. The summed E-state index contributed by atoms with van der Waals surface area (Å²) in [5, 5.41) is 0. The van der Waals surface area contributed by atoms with Crippen LogP contribution in [-0.2, 0) is 16.1 Å². The van der Waals surface area contributed by atoms with E-state index in [1.165, 1.54) is 4.90 Å². The molecule has 0 aliphatic carbocycles. The van der Waals surface area contributed by atoms with Crippen LogP contribution >= 0.6 is 0 Å². The predicted octanol–water partition coefficient (Wildman–Crippen LogP) is 3.88. The number of piperazine rings is 1. The fourth-order valence-corrected chi connectivity index (χ4v) is 4.65. The fraction of sp³-hybridized carbons (Fsp3) is 0.565. The lowest BCUT2D eigenvalue weighted by Gasteiger charge is -2.40. The summed E-state index contributed by atoms with van der Waals surface area (Å²) >= 11 is 0. The van der Waals surface area contributed by atoms with Gasteiger partial charge in [0.05, 0.1) is 19.6 Å². The maximum Gasteiger partial charge on any atom is 0.411 e. The molecule has 4 rings (SSSR count). The highest BCUT2D eigenvalue weighted by Crippen LogP contribution is 2.41. The lowest BCUT2D eigenvalue weighted by atomic mass is 10.1. The van der Waals surface area contributed by atoms with Crippen molar-refractivity contribution >= 4 is 12.0 Å². The van der Waals surface area contributed by atoms with Crippen molar-refractivity contribution in [3.63, 3.8) is 0 Å². The molecule has 2 saturated heterocycles. The Kier molecular flexibility index (Phi) is 6.39. The lowest BCUT2D eigenvalue weighted by Crippen LogP contribution is -2.57. The van der Waals surface area contributed by atoms with E-state index in [0.717, 1.165) is 10.5 Å². The first-order chi connectivity index (χ1) is 15.6. The van der Waals surface area contributed by atoms with Crippen molar-refractivity contribution in [2.45, 2.75) is 56.7 Å². The third-order valence-corrected chi connectivity index (χ3v) is 6.53. The van der Waals surface area contributed by atoms with E-state index in [1.807, 2.05) is 36.4 Å². The minimum absolute atomic E-state index is 0.108. The van der Waals surface area contributed by atoms with E-state index in [9.17, 15) is 27.2 Å². The quantitative estimate of drug-likeness (QED) is 0.594. The van der Waals surface area contributed by atoms with Crippen LogP contribution in [0.2, 0.25) is 0 Å². The molecule has 3 heterocycles. The number of alkyl halides is 4. The Hall–Kier alpha value is -2.62. The number of halogens is 4. The number of fused-ring (bicyclic) bond motifs is 1. The van der Waals surface area contributed by atoms with Crippen LogP contribution in [0, 0.1) is 0 Å². The van der Waals surface area contributed by atoms with Gasteiger partial charge in [0.25, 0.3) is 0 Å². The molecule has 3 aliphatic heterocycles. The van der Waals surface area contributed by atoms with Gasteiger partial charge in [-0.05, 0) is 38.3 Å². The van der Waals surface area contributed by atoms with Crippen LogP contribution in [0.25, 0.3) is 0 Å². The smallest absolute Gasteiger partial charge is 0.411 e. The van der Waals surface area contributed by atoms with Gasteiger partial charge < -0.3 is 9.64 Å². The number of likely N-dealkylation sites (tertiary alicyclic amines) is 1. The lowest BCUT2D eigenvalue weighted by molar-refractivity contribution is -0.172. The molecule has 1 aromatic carbocycles. The molecule has 180 valence electrons. The molecule has 3 aliphatic rings. The molecule has 2 fully saturated rings. The summed E-state index contributed by atoms with van der Waals surface area (Å²) < 4.78 is 58.9. The van der Waals surface area contributed by atoms with Gasteiger partial charge in [-0.15, -0.1) is 0 Å². The predicted molar refractivity (Wildman–Crippen MR) is 112 cm³/mol. The largest absolute Gasteiger partial charge is 0.445 e. The van der Waals surface area contributed by atoms with Gasteiger partial charge in [0.15, 0.2) is 0 Å². The van der Waals surface area contributed by atoms with E-state index in [2.05, 4.69) is 0 Å². The minimum Gasteiger partial charge on any atom is -0.445 e. The van der Waals surface area contributed by atoms with Gasteiger partial charge in [-0.3, -0.25) is 14.6 Å². The Balaban J connectivity index is 1.29. The molecule has 2 amide bonds. The van der Waals surface area contributed by atoms with Gasteiger partial charge in [-0.2, -0.15) is 17.6 Å². The highest BCUT2D eigenvalue weighted by Gasteiger charge is 2.62. The molecule has 1 aromatic rings. The maximum atomic E-state index is 13.4. The number of hydrogen-bond acceptors (Lipinski definition) is 4. The van der Waals surface area contributed by atoms with Gasteiger partial charge in [0.1, 0.15) is 12.6 Å². The molecule has 0 aromatic heterocycles. The normalized spacial score (nSPS) is 26.3. The first kappa shape index (κ1) is 23.5. The number of nitrogens with zero attached hydrogens (tertiary/aromatic N) is 3. The number of ether oxygens (including phenoxy) is 1. The molecule has 0 unspecified atom stereocenters. The molecule has 0 radical (unpaired) electrons. The van der Waals surface area contributed by atoms with Crippen molar-refractivity contribution < 1.29 is 31.9 Å². The third-order valence-electron chi connectivity index (χ3n) is 6.53. The van der Waals surface area contributed by atoms with E-state index in [1.54, 1.807) is 11.8 Å². The van der Waals surface area contributed by atoms with Crippen LogP contribution in [0.15, 0.2) is 42.1 Å². The van der Waals surface area contributed by atoms with Crippen LogP contribution in [0.3, 0.4) is 0 Å². The van der Waals surface area contributed by atoms with Crippen LogP contribution in [0.1, 0.15) is 31.7 Å². The van der Waals surface area contributed by atoms with Gasteiger partial charge in [-0.25, -0.2) is 4.79 Å². The Bertz CT molecular complexity index is 909. The molecule has 6 nitrogen and oxygen atoms in total. The zero-order valence-corrected chi connectivity index (χ0v) is 18.4. The van der Waals surface area contributed by atoms with Crippen molar-refractivity contribution in [1.82, 2.24) is 14.7 Å². The van der Waals surface area contributed by atoms with Crippen LogP contribution in [0.4, 0.5) is 22.4 Å². The van der Waals surface area contributed by atoms with Crippen molar-refractivity contribution in [1.29, 1.82) is 0 Å². The molecule has 10 heteroatoms. The highest BCUT2D eigenvalue weighted by atomic mass is 19.3. The van der Waals surface area contributed by atoms with Crippen LogP contribution in [-0.4, -0.2) is 76.8 Å². The Labute approximate surface area is 189 Å². The zero-order valence-electron chi connectivity index (χ0n) is 18.4. The average molecular weight is 469 g/mol. The topological polar surface area (TPSA) is 53.1 Å².